The standard InChI is InChI=1S/C26H36IN5O5S/c1-4-7-19-22-23(30(3)24(19)27)26(34)29-25(28-22)20-17-18(8-9-21(20)37-16-5-2)38(35,36)32-13-11-31(12-14-32)10-6-15-33/h8-9,17,33H,4-7,10-16H2,1-3H3,(H,28,29,34). The summed E-state index contributed by atoms with van der Waals surface area (Å²) in [5, 5.41) is 9.08. The first kappa shape index (κ1) is 29.0. The second-order valence-corrected chi connectivity index (χ2v) is 12.5. The molecule has 0 bridgehead atoms. The molecule has 0 saturated carbocycles. The molecule has 0 aliphatic carbocycles. The maximum Gasteiger partial charge on any atom is 0.275 e. The zero-order chi connectivity index (χ0) is 27.4. The number of ether oxygens (including phenoxy) is 1. The highest BCUT2D eigenvalue weighted by Gasteiger charge is 2.30. The van der Waals surface area contributed by atoms with Gasteiger partial charge in [0.25, 0.3) is 5.56 Å². The number of fused-ring (bicyclic) bond motifs is 1. The molecule has 2 aromatic heterocycles. The zero-order valence-electron chi connectivity index (χ0n) is 22.2. The summed E-state index contributed by atoms with van der Waals surface area (Å²) in [7, 11) is -1.92. The molecule has 10 nitrogen and oxygen atoms in total. The summed E-state index contributed by atoms with van der Waals surface area (Å²) in [4.78, 5) is 23.3. The number of aromatic amines is 1. The lowest BCUT2D eigenvalue weighted by atomic mass is 10.1. The summed E-state index contributed by atoms with van der Waals surface area (Å²) in [5.74, 6) is 0.767. The first-order chi connectivity index (χ1) is 18.2. The molecule has 2 N–H and O–H groups in total. The number of sulfonamides is 1. The molecule has 208 valence electrons. The van der Waals surface area contributed by atoms with Crippen LogP contribution >= 0.6 is 22.6 Å². The van der Waals surface area contributed by atoms with E-state index >= 15 is 0 Å². The van der Waals surface area contributed by atoms with Crippen molar-refractivity contribution in [3.8, 4) is 17.1 Å². The summed E-state index contributed by atoms with van der Waals surface area (Å²) < 4.78 is 37.5. The van der Waals surface area contributed by atoms with Crippen LogP contribution in [0.2, 0.25) is 0 Å². The molecule has 0 spiro atoms. The summed E-state index contributed by atoms with van der Waals surface area (Å²) in [5.41, 5.74) is 2.31. The molecular weight excluding hydrogens is 621 g/mol. The summed E-state index contributed by atoms with van der Waals surface area (Å²) in [6.07, 6.45) is 3.14. The fraction of sp³-hybridized carbons (Fsp3) is 0.538. The smallest absolute Gasteiger partial charge is 0.275 e. The van der Waals surface area contributed by atoms with E-state index in [1.807, 2.05) is 18.5 Å². The van der Waals surface area contributed by atoms with E-state index in [-0.39, 0.29) is 17.1 Å². The Morgan fingerprint density at radius 2 is 1.89 bits per heavy atom. The molecule has 0 atom stereocenters. The van der Waals surface area contributed by atoms with Crippen LogP contribution in [0.3, 0.4) is 0 Å². The number of aromatic nitrogens is 3. The topological polar surface area (TPSA) is 121 Å². The van der Waals surface area contributed by atoms with Crippen LogP contribution in [0.15, 0.2) is 27.9 Å². The third-order valence-electron chi connectivity index (χ3n) is 6.83. The summed E-state index contributed by atoms with van der Waals surface area (Å²) in [6.45, 7) is 7.38. The second kappa shape index (κ2) is 12.5. The van der Waals surface area contributed by atoms with Crippen LogP contribution in [0.25, 0.3) is 22.4 Å². The Bertz CT molecular complexity index is 1440. The van der Waals surface area contributed by atoms with Crippen LogP contribution in [0.5, 0.6) is 5.75 Å². The Hall–Kier alpha value is -2.00. The lowest BCUT2D eigenvalue weighted by Gasteiger charge is -2.33. The maximum atomic E-state index is 13.6. The molecule has 38 heavy (non-hydrogen) atoms. The fourth-order valence-electron chi connectivity index (χ4n) is 4.82. The van der Waals surface area contributed by atoms with Gasteiger partial charge < -0.3 is 24.3 Å². The number of halogens is 1. The van der Waals surface area contributed by atoms with Gasteiger partial charge in [-0.15, -0.1) is 0 Å². The number of rotatable bonds is 11. The quantitative estimate of drug-likeness (QED) is 0.305. The van der Waals surface area contributed by atoms with E-state index in [9.17, 15) is 13.2 Å². The Kier molecular flexibility index (Phi) is 9.50. The molecule has 1 fully saturated rings. The third kappa shape index (κ3) is 5.79. The molecule has 0 unspecified atom stereocenters. The van der Waals surface area contributed by atoms with Gasteiger partial charge in [-0.25, -0.2) is 13.4 Å². The predicted octanol–water partition coefficient (Wildman–Crippen LogP) is 2.96. The van der Waals surface area contributed by atoms with Gasteiger partial charge in [0.2, 0.25) is 10.0 Å². The number of nitrogens with zero attached hydrogens (tertiary/aromatic N) is 4. The molecular formula is C26H36IN5O5S. The van der Waals surface area contributed by atoms with Gasteiger partial charge in [0.15, 0.2) is 0 Å². The largest absolute Gasteiger partial charge is 0.493 e. The van der Waals surface area contributed by atoms with E-state index in [1.165, 1.54) is 4.31 Å². The van der Waals surface area contributed by atoms with Crippen molar-refractivity contribution < 1.29 is 18.3 Å². The van der Waals surface area contributed by atoms with Gasteiger partial charge in [0.1, 0.15) is 22.6 Å². The van der Waals surface area contributed by atoms with Gasteiger partial charge in [-0.3, -0.25) is 4.79 Å². The maximum absolute atomic E-state index is 13.6. The van der Waals surface area contributed by atoms with Gasteiger partial charge in [0, 0.05) is 51.9 Å². The van der Waals surface area contributed by atoms with E-state index in [4.69, 9.17) is 14.8 Å². The first-order valence-corrected chi connectivity index (χ1v) is 15.6. The minimum atomic E-state index is -3.77. The van der Waals surface area contributed by atoms with E-state index in [2.05, 4.69) is 39.4 Å². The highest BCUT2D eigenvalue weighted by molar-refractivity contribution is 14.1. The number of aliphatic hydroxyl groups excluding tert-OH is 1. The molecule has 0 amide bonds. The number of benzene rings is 1. The van der Waals surface area contributed by atoms with Crippen LogP contribution < -0.4 is 10.3 Å². The summed E-state index contributed by atoms with van der Waals surface area (Å²) >= 11 is 2.24. The van der Waals surface area contributed by atoms with E-state index < -0.39 is 10.0 Å². The van der Waals surface area contributed by atoms with Gasteiger partial charge in [-0.1, -0.05) is 20.3 Å². The number of aryl methyl sites for hydroxylation is 2. The Morgan fingerprint density at radius 1 is 1.16 bits per heavy atom. The summed E-state index contributed by atoms with van der Waals surface area (Å²) in [6, 6.07) is 4.78. The van der Waals surface area contributed by atoms with Gasteiger partial charge in [-0.05, 0) is 60.1 Å². The van der Waals surface area contributed by atoms with Gasteiger partial charge in [-0.2, -0.15) is 4.31 Å². The molecule has 1 saturated heterocycles. The molecule has 1 aliphatic rings. The highest BCUT2D eigenvalue weighted by atomic mass is 127. The van der Waals surface area contributed by atoms with Crippen molar-refractivity contribution in [2.24, 2.45) is 7.05 Å². The number of hydrogen-bond acceptors (Lipinski definition) is 7. The number of piperazine rings is 1. The molecule has 1 aromatic carbocycles. The number of aliphatic hydroxyl groups is 1. The third-order valence-corrected chi connectivity index (χ3v) is 10.1. The van der Waals surface area contributed by atoms with E-state index in [0.717, 1.165) is 35.1 Å². The van der Waals surface area contributed by atoms with Gasteiger partial charge in [0.05, 0.1) is 20.8 Å². The monoisotopic (exact) mass is 657 g/mol. The average Bonchev–Trinajstić information content (AvgIpc) is 3.16. The van der Waals surface area contributed by atoms with Crippen LogP contribution in [-0.2, 0) is 23.5 Å². The first-order valence-electron chi connectivity index (χ1n) is 13.1. The Balaban J connectivity index is 1.77. The van der Waals surface area contributed by atoms with E-state index in [0.29, 0.717) is 67.4 Å². The SMILES string of the molecule is CCCOc1ccc(S(=O)(=O)N2CCN(CCCO)CC2)cc1-c1nc2c(CCC)c(I)n(C)c2c(=O)[nH]1. The van der Waals surface area contributed by atoms with Crippen LogP contribution in [0.4, 0.5) is 0 Å². The Labute approximate surface area is 237 Å². The lowest BCUT2D eigenvalue weighted by molar-refractivity contribution is 0.171. The molecule has 12 heteroatoms. The molecule has 1 aliphatic heterocycles. The van der Waals surface area contributed by atoms with Crippen molar-refractivity contribution in [3.63, 3.8) is 0 Å². The fourth-order valence-corrected chi connectivity index (χ4v) is 7.03. The zero-order valence-corrected chi connectivity index (χ0v) is 25.1. The van der Waals surface area contributed by atoms with Gasteiger partial charge >= 0.3 is 0 Å². The van der Waals surface area contributed by atoms with Crippen molar-refractivity contribution in [1.82, 2.24) is 23.7 Å². The minimum absolute atomic E-state index is 0.123. The lowest BCUT2D eigenvalue weighted by Crippen LogP contribution is -2.48. The molecule has 3 aromatic rings. The van der Waals surface area contributed by atoms with Crippen molar-refractivity contribution in [1.29, 1.82) is 0 Å². The average molecular weight is 658 g/mol. The van der Waals surface area contributed by atoms with Crippen LogP contribution in [-0.4, -0.2) is 83.2 Å². The van der Waals surface area contributed by atoms with Crippen LogP contribution in [0.1, 0.15) is 38.7 Å². The molecule has 3 heterocycles. The number of H-pyrrole nitrogens is 1. The number of hydrogen-bond donors (Lipinski definition) is 2. The molecule has 4 rings (SSSR count). The molecule has 0 radical (unpaired) electrons. The minimum Gasteiger partial charge on any atom is -0.493 e. The van der Waals surface area contributed by atoms with Crippen molar-refractivity contribution in [2.45, 2.75) is 44.4 Å². The van der Waals surface area contributed by atoms with Crippen molar-refractivity contribution in [3.05, 3.63) is 37.8 Å². The second-order valence-electron chi connectivity index (χ2n) is 9.52. The number of nitrogens with one attached hydrogen (secondary N) is 1. The Morgan fingerprint density at radius 3 is 2.55 bits per heavy atom. The highest BCUT2D eigenvalue weighted by Crippen LogP contribution is 2.33. The van der Waals surface area contributed by atoms with Crippen LogP contribution in [0, 0.1) is 3.70 Å². The van der Waals surface area contributed by atoms with Crippen molar-refractivity contribution in [2.75, 3.05) is 45.9 Å². The van der Waals surface area contributed by atoms with E-state index in [1.54, 1.807) is 18.2 Å². The predicted molar refractivity (Wildman–Crippen MR) is 156 cm³/mol. The van der Waals surface area contributed by atoms with Crippen molar-refractivity contribution >= 4 is 43.6 Å². The normalized spacial score (nSPS) is 15.4.